The van der Waals surface area contributed by atoms with Gasteiger partial charge in [-0.1, -0.05) is 18.2 Å². The predicted molar refractivity (Wildman–Crippen MR) is 130 cm³/mol. The molecule has 0 radical (unpaired) electrons. The van der Waals surface area contributed by atoms with Crippen molar-refractivity contribution in [1.82, 2.24) is 5.32 Å². The molecular weight excluding hydrogens is 443 g/mol. The standard InChI is InChI=1S/C23H35BN2O6S/c1-21(2,3)30-20(27)25-16-18(24-31-22(4,5)23(6,7)32-24)14-17-10-8-11-19(15-17)26-12-9-13-33(26,28)29/h8,10-11,14-15H,9,12-13,16H2,1-7H3,(H,25,27). The maximum Gasteiger partial charge on any atom is 0.492 e. The van der Waals surface area contributed by atoms with Crippen LogP contribution in [0.3, 0.4) is 0 Å². The zero-order valence-corrected chi connectivity index (χ0v) is 21.4. The van der Waals surface area contributed by atoms with Gasteiger partial charge in [0.05, 0.1) is 22.6 Å². The van der Waals surface area contributed by atoms with Crippen LogP contribution in [-0.2, 0) is 24.1 Å². The lowest BCUT2D eigenvalue weighted by atomic mass is 9.77. The normalized spacial score (nSPS) is 21.8. The molecule has 0 saturated carbocycles. The largest absolute Gasteiger partial charge is 0.492 e. The van der Waals surface area contributed by atoms with E-state index in [9.17, 15) is 13.2 Å². The van der Waals surface area contributed by atoms with E-state index in [4.69, 9.17) is 14.0 Å². The molecule has 2 fully saturated rings. The first-order valence-corrected chi connectivity index (χ1v) is 12.8. The van der Waals surface area contributed by atoms with Gasteiger partial charge in [-0.25, -0.2) is 13.2 Å². The predicted octanol–water partition coefficient (Wildman–Crippen LogP) is 3.77. The Bertz CT molecular complexity index is 1010. The van der Waals surface area contributed by atoms with Crippen molar-refractivity contribution in [3.8, 4) is 0 Å². The Morgan fingerprint density at radius 1 is 1.21 bits per heavy atom. The van der Waals surface area contributed by atoms with Gasteiger partial charge >= 0.3 is 13.2 Å². The number of rotatable bonds is 5. The van der Waals surface area contributed by atoms with Crippen molar-refractivity contribution in [3.63, 3.8) is 0 Å². The third-order valence-electron chi connectivity index (χ3n) is 6.00. The molecule has 2 heterocycles. The van der Waals surface area contributed by atoms with Crippen molar-refractivity contribution in [2.24, 2.45) is 0 Å². The van der Waals surface area contributed by atoms with Crippen LogP contribution in [0, 0.1) is 0 Å². The monoisotopic (exact) mass is 478 g/mol. The lowest BCUT2D eigenvalue weighted by Crippen LogP contribution is -2.41. The van der Waals surface area contributed by atoms with Gasteiger partial charge in [0, 0.05) is 13.1 Å². The number of hydrogen-bond donors (Lipinski definition) is 1. The molecule has 10 heteroatoms. The second-order valence-corrected chi connectivity index (χ2v) is 12.5. The van der Waals surface area contributed by atoms with Gasteiger partial charge in [-0.15, -0.1) is 0 Å². The van der Waals surface area contributed by atoms with Crippen LogP contribution in [0.5, 0.6) is 0 Å². The molecule has 0 spiro atoms. The number of nitrogens with one attached hydrogen (secondary N) is 1. The Morgan fingerprint density at radius 3 is 2.39 bits per heavy atom. The van der Waals surface area contributed by atoms with Crippen LogP contribution in [0.4, 0.5) is 10.5 Å². The molecule has 2 aliphatic rings. The molecule has 0 aromatic heterocycles. The van der Waals surface area contributed by atoms with Gasteiger partial charge in [0.2, 0.25) is 10.0 Å². The van der Waals surface area contributed by atoms with Gasteiger partial charge in [-0.05, 0) is 78.1 Å². The summed E-state index contributed by atoms with van der Waals surface area (Å²) in [6, 6.07) is 7.30. The number of carbonyl (C=O) groups excluding carboxylic acids is 1. The number of alkyl carbamates (subject to hydrolysis) is 1. The fourth-order valence-corrected chi connectivity index (χ4v) is 5.15. The smallest absolute Gasteiger partial charge is 0.444 e. The molecule has 8 nitrogen and oxygen atoms in total. The van der Waals surface area contributed by atoms with E-state index in [1.54, 1.807) is 26.8 Å². The molecule has 1 amide bonds. The Balaban J connectivity index is 1.89. The fourth-order valence-electron chi connectivity index (χ4n) is 3.60. The second-order valence-electron chi connectivity index (χ2n) is 10.5. The summed E-state index contributed by atoms with van der Waals surface area (Å²) in [5, 5.41) is 2.78. The highest BCUT2D eigenvalue weighted by molar-refractivity contribution is 7.93. The first kappa shape index (κ1) is 25.6. The van der Waals surface area contributed by atoms with E-state index in [1.165, 1.54) is 4.31 Å². The van der Waals surface area contributed by atoms with Crippen LogP contribution in [0.1, 0.15) is 60.5 Å². The minimum atomic E-state index is -3.28. The molecule has 0 bridgehead atoms. The summed E-state index contributed by atoms with van der Waals surface area (Å²) in [5.41, 5.74) is 0.386. The Kier molecular flexibility index (Phi) is 6.95. The summed E-state index contributed by atoms with van der Waals surface area (Å²) in [5.74, 6) is 0.159. The summed E-state index contributed by atoms with van der Waals surface area (Å²) in [6.07, 6.45) is 1.94. The van der Waals surface area contributed by atoms with Crippen LogP contribution < -0.4 is 9.62 Å². The van der Waals surface area contributed by atoms with E-state index < -0.39 is 40.0 Å². The van der Waals surface area contributed by atoms with Crippen molar-refractivity contribution in [2.45, 2.75) is 71.7 Å². The zero-order valence-electron chi connectivity index (χ0n) is 20.6. The maximum absolute atomic E-state index is 12.3. The third-order valence-corrected chi connectivity index (χ3v) is 7.87. The molecule has 1 N–H and O–H groups in total. The molecular formula is C23H35BN2O6S. The minimum absolute atomic E-state index is 0.151. The molecule has 0 unspecified atom stereocenters. The van der Waals surface area contributed by atoms with E-state index in [2.05, 4.69) is 5.32 Å². The molecule has 2 saturated heterocycles. The van der Waals surface area contributed by atoms with Gasteiger partial charge in [-0.3, -0.25) is 4.31 Å². The summed E-state index contributed by atoms with van der Waals surface area (Å²) < 4.78 is 43.9. The van der Waals surface area contributed by atoms with Crippen molar-refractivity contribution in [2.75, 3.05) is 23.1 Å². The van der Waals surface area contributed by atoms with Crippen molar-refractivity contribution >= 4 is 35.0 Å². The van der Waals surface area contributed by atoms with Crippen molar-refractivity contribution in [3.05, 3.63) is 35.3 Å². The number of hydrogen-bond acceptors (Lipinski definition) is 6. The summed E-state index contributed by atoms with van der Waals surface area (Å²) in [4.78, 5) is 12.3. The number of amides is 1. The third kappa shape index (κ3) is 6.10. The number of benzene rings is 1. The highest BCUT2D eigenvalue weighted by Crippen LogP contribution is 2.39. The van der Waals surface area contributed by atoms with E-state index >= 15 is 0 Å². The van der Waals surface area contributed by atoms with E-state index in [0.717, 1.165) is 5.56 Å². The molecule has 182 valence electrons. The van der Waals surface area contributed by atoms with Gasteiger partial charge in [0.25, 0.3) is 0 Å². The highest BCUT2D eigenvalue weighted by atomic mass is 32.2. The number of carbonyl (C=O) groups is 1. The van der Waals surface area contributed by atoms with Gasteiger partial charge in [0.1, 0.15) is 5.60 Å². The quantitative estimate of drug-likeness (QED) is 0.648. The molecule has 3 rings (SSSR count). The molecule has 1 aromatic rings. The lowest BCUT2D eigenvalue weighted by molar-refractivity contribution is 0.00578. The number of sulfonamides is 1. The van der Waals surface area contributed by atoms with Crippen LogP contribution in [0.25, 0.3) is 6.08 Å². The number of ether oxygens (including phenoxy) is 1. The average Bonchev–Trinajstić information content (AvgIpc) is 3.12. The topological polar surface area (TPSA) is 94.2 Å². The maximum atomic E-state index is 12.3. The number of nitrogens with zero attached hydrogens (tertiary/aromatic N) is 1. The summed E-state index contributed by atoms with van der Waals surface area (Å²) in [6.45, 7) is 13.9. The molecule has 0 atom stereocenters. The first-order chi connectivity index (χ1) is 15.1. The van der Waals surface area contributed by atoms with Crippen molar-refractivity contribution in [1.29, 1.82) is 0 Å². The summed E-state index contributed by atoms with van der Waals surface area (Å²) in [7, 11) is -3.96. The van der Waals surface area contributed by atoms with Crippen LogP contribution in [0.2, 0.25) is 0 Å². The van der Waals surface area contributed by atoms with Crippen molar-refractivity contribution < 1.29 is 27.3 Å². The zero-order chi connectivity index (χ0) is 24.7. The molecule has 33 heavy (non-hydrogen) atoms. The lowest BCUT2D eigenvalue weighted by Gasteiger charge is -2.32. The highest BCUT2D eigenvalue weighted by Gasteiger charge is 2.52. The SMILES string of the molecule is CC(C)(C)OC(=O)NCC(=Cc1cccc(N2CCCS2(=O)=O)c1)B1OC(C)(C)C(C)(C)O1. The second kappa shape index (κ2) is 8.96. The minimum Gasteiger partial charge on any atom is -0.444 e. The number of anilines is 1. The van der Waals surface area contributed by atoms with E-state index in [-0.39, 0.29) is 12.3 Å². The summed E-state index contributed by atoms with van der Waals surface area (Å²) >= 11 is 0. The van der Waals surface area contributed by atoms with Crippen LogP contribution in [0.15, 0.2) is 29.7 Å². The molecule has 1 aromatic carbocycles. The molecule has 0 aliphatic carbocycles. The Morgan fingerprint density at radius 2 is 1.85 bits per heavy atom. The van der Waals surface area contributed by atoms with Gasteiger partial charge in [-0.2, -0.15) is 0 Å². The Hall–Kier alpha value is -2.04. The van der Waals surface area contributed by atoms with E-state index in [0.29, 0.717) is 24.1 Å². The average molecular weight is 478 g/mol. The molecule has 2 aliphatic heterocycles. The Labute approximate surface area is 197 Å². The van der Waals surface area contributed by atoms with Gasteiger partial charge in [0.15, 0.2) is 0 Å². The van der Waals surface area contributed by atoms with Crippen LogP contribution in [-0.4, -0.2) is 57.3 Å². The van der Waals surface area contributed by atoms with E-state index in [1.807, 2.05) is 52.0 Å². The van der Waals surface area contributed by atoms with Gasteiger partial charge < -0.3 is 19.4 Å². The first-order valence-electron chi connectivity index (χ1n) is 11.2. The van der Waals surface area contributed by atoms with Crippen LogP contribution >= 0.6 is 0 Å². The fraction of sp³-hybridized carbons (Fsp3) is 0.609.